The summed E-state index contributed by atoms with van der Waals surface area (Å²) in [4.78, 5) is 4.36. The second kappa shape index (κ2) is 5.38. The van der Waals surface area contributed by atoms with E-state index in [1.807, 2.05) is 20.8 Å². The van der Waals surface area contributed by atoms with Gasteiger partial charge in [-0.15, -0.1) is 0 Å². The average molecular weight is 263 g/mol. The number of hydrogen-bond donors (Lipinski definition) is 0. The van der Waals surface area contributed by atoms with Crippen LogP contribution >= 0.6 is 0 Å². The van der Waals surface area contributed by atoms with Gasteiger partial charge in [-0.2, -0.15) is 5.10 Å². The number of nitrogens with zero attached hydrogens (tertiary/aromatic N) is 3. The van der Waals surface area contributed by atoms with E-state index >= 15 is 0 Å². The number of aryl methyl sites for hydroxylation is 2. The number of ether oxygens (including phenoxy) is 1. The highest BCUT2D eigenvalue weighted by molar-refractivity contribution is 5.64. The van der Waals surface area contributed by atoms with Gasteiger partial charge in [-0.05, 0) is 26.0 Å². The molecule has 0 bridgehead atoms. The van der Waals surface area contributed by atoms with Gasteiger partial charge in [0, 0.05) is 13.5 Å². The van der Waals surface area contributed by atoms with E-state index in [-0.39, 0.29) is 11.9 Å². The van der Waals surface area contributed by atoms with Crippen molar-refractivity contribution in [3.63, 3.8) is 0 Å². The predicted molar refractivity (Wildman–Crippen MR) is 71.5 cm³/mol. The summed E-state index contributed by atoms with van der Waals surface area (Å²) in [6, 6.07) is 4.76. The van der Waals surface area contributed by atoms with Crippen LogP contribution in [0, 0.1) is 5.82 Å². The van der Waals surface area contributed by atoms with E-state index in [9.17, 15) is 4.39 Å². The van der Waals surface area contributed by atoms with E-state index in [4.69, 9.17) is 4.74 Å². The van der Waals surface area contributed by atoms with Crippen molar-refractivity contribution < 1.29 is 9.13 Å². The Hall–Kier alpha value is -1.91. The maximum Gasteiger partial charge on any atom is 0.188 e. The Morgan fingerprint density at radius 2 is 2.11 bits per heavy atom. The van der Waals surface area contributed by atoms with E-state index < -0.39 is 0 Å². The van der Waals surface area contributed by atoms with Crippen molar-refractivity contribution in [1.82, 2.24) is 14.8 Å². The van der Waals surface area contributed by atoms with Gasteiger partial charge in [-0.1, -0.05) is 13.0 Å². The number of halogens is 1. The topological polar surface area (TPSA) is 39.9 Å². The van der Waals surface area contributed by atoms with Crippen LogP contribution in [0.2, 0.25) is 0 Å². The monoisotopic (exact) mass is 263 g/mol. The minimum Gasteiger partial charge on any atom is -0.490 e. The molecule has 0 spiro atoms. The van der Waals surface area contributed by atoms with Gasteiger partial charge in [0.15, 0.2) is 5.82 Å². The summed E-state index contributed by atoms with van der Waals surface area (Å²) in [6.45, 7) is 5.79. The fraction of sp³-hybridized carbons (Fsp3) is 0.429. The molecule has 1 aromatic carbocycles. The van der Waals surface area contributed by atoms with E-state index in [0.29, 0.717) is 17.1 Å². The highest BCUT2D eigenvalue weighted by Gasteiger charge is 2.18. The van der Waals surface area contributed by atoms with Crippen LogP contribution in [-0.2, 0) is 13.5 Å². The van der Waals surface area contributed by atoms with Crippen LogP contribution in [0.15, 0.2) is 18.2 Å². The second-order valence-corrected chi connectivity index (χ2v) is 4.61. The lowest BCUT2D eigenvalue weighted by Crippen LogP contribution is -2.07. The summed E-state index contributed by atoms with van der Waals surface area (Å²) in [5.74, 6) is 1.29. The summed E-state index contributed by atoms with van der Waals surface area (Å²) >= 11 is 0. The molecule has 0 fully saturated rings. The van der Waals surface area contributed by atoms with E-state index in [0.717, 1.165) is 12.2 Å². The molecule has 0 unspecified atom stereocenters. The first-order chi connectivity index (χ1) is 9.02. The normalized spacial score (nSPS) is 11.1. The number of hydrogen-bond acceptors (Lipinski definition) is 3. The molecule has 0 aliphatic heterocycles. The van der Waals surface area contributed by atoms with Crippen molar-refractivity contribution >= 4 is 0 Å². The molecule has 2 rings (SSSR count). The van der Waals surface area contributed by atoms with Gasteiger partial charge in [0.25, 0.3) is 0 Å². The lowest BCUT2D eigenvalue weighted by Gasteiger charge is -2.12. The SMILES string of the molecule is CCc1nc(-c2c(F)cccc2OC(C)C)nn1C. The Morgan fingerprint density at radius 3 is 2.68 bits per heavy atom. The Bertz CT molecular complexity index is 578. The highest BCUT2D eigenvalue weighted by atomic mass is 19.1. The quantitative estimate of drug-likeness (QED) is 0.851. The molecule has 0 radical (unpaired) electrons. The smallest absolute Gasteiger partial charge is 0.188 e. The lowest BCUT2D eigenvalue weighted by atomic mass is 10.1. The molecule has 19 heavy (non-hydrogen) atoms. The van der Waals surface area contributed by atoms with Gasteiger partial charge in [0.2, 0.25) is 0 Å². The zero-order valence-electron chi connectivity index (χ0n) is 11.6. The molecule has 0 aliphatic carbocycles. The van der Waals surface area contributed by atoms with E-state index in [1.165, 1.54) is 6.07 Å². The summed E-state index contributed by atoms with van der Waals surface area (Å²) in [6.07, 6.45) is 0.716. The molecule has 5 heteroatoms. The number of benzene rings is 1. The van der Waals surface area contributed by atoms with Crippen molar-refractivity contribution in [2.45, 2.75) is 33.3 Å². The Labute approximate surface area is 112 Å². The molecule has 0 amide bonds. The van der Waals surface area contributed by atoms with Gasteiger partial charge in [-0.25, -0.2) is 9.37 Å². The van der Waals surface area contributed by atoms with Crippen LogP contribution in [-0.4, -0.2) is 20.9 Å². The van der Waals surface area contributed by atoms with Gasteiger partial charge < -0.3 is 4.74 Å². The molecule has 0 aliphatic rings. The van der Waals surface area contributed by atoms with Gasteiger partial charge in [-0.3, -0.25) is 4.68 Å². The minimum absolute atomic E-state index is 0.0325. The molecular weight excluding hydrogens is 245 g/mol. The van der Waals surface area contributed by atoms with Gasteiger partial charge >= 0.3 is 0 Å². The maximum atomic E-state index is 14.1. The Balaban J connectivity index is 2.53. The molecular formula is C14H18FN3O. The number of rotatable bonds is 4. The third-order valence-corrected chi connectivity index (χ3v) is 2.73. The molecule has 1 aromatic heterocycles. The number of aromatic nitrogens is 3. The molecule has 1 heterocycles. The average Bonchev–Trinajstić information content (AvgIpc) is 2.69. The van der Waals surface area contributed by atoms with Crippen LogP contribution in [0.25, 0.3) is 11.4 Å². The molecule has 0 saturated heterocycles. The Morgan fingerprint density at radius 1 is 1.37 bits per heavy atom. The lowest BCUT2D eigenvalue weighted by molar-refractivity contribution is 0.242. The largest absolute Gasteiger partial charge is 0.490 e. The first-order valence-corrected chi connectivity index (χ1v) is 6.38. The van der Waals surface area contributed by atoms with Crippen LogP contribution in [0.4, 0.5) is 4.39 Å². The standard InChI is InChI=1S/C14H18FN3O/c1-5-12-16-14(17-18(12)4)13-10(15)7-6-8-11(13)19-9(2)3/h6-9H,5H2,1-4H3. The zero-order chi connectivity index (χ0) is 14.0. The Kier molecular flexibility index (Phi) is 3.83. The minimum atomic E-state index is -0.369. The van der Waals surface area contributed by atoms with Crippen molar-refractivity contribution in [3.05, 3.63) is 29.8 Å². The first-order valence-electron chi connectivity index (χ1n) is 6.38. The zero-order valence-corrected chi connectivity index (χ0v) is 11.6. The summed E-state index contributed by atoms with van der Waals surface area (Å²) < 4.78 is 21.4. The maximum absolute atomic E-state index is 14.1. The molecule has 0 N–H and O–H groups in total. The third kappa shape index (κ3) is 2.75. The van der Waals surface area contributed by atoms with Crippen LogP contribution in [0.1, 0.15) is 26.6 Å². The molecule has 0 atom stereocenters. The summed E-state index contributed by atoms with van der Waals surface area (Å²) in [5.41, 5.74) is 0.325. The third-order valence-electron chi connectivity index (χ3n) is 2.73. The molecule has 0 saturated carbocycles. The second-order valence-electron chi connectivity index (χ2n) is 4.61. The first kappa shape index (κ1) is 13.5. The van der Waals surface area contributed by atoms with Crippen molar-refractivity contribution in [1.29, 1.82) is 0 Å². The molecule has 102 valence electrons. The van der Waals surface area contributed by atoms with E-state index in [2.05, 4.69) is 10.1 Å². The van der Waals surface area contributed by atoms with Crippen LogP contribution < -0.4 is 4.74 Å². The molecule has 4 nitrogen and oxygen atoms in total. The van der Waals surface area contributed by atoms with Crippen molar-refractivity contribution in [3.8, 4) is 17.1 Å². The summed E-state index contributed by atoms with van der Waals surface area (Å²) in [7, 11) is 1.80. The summed E-state index contributed by atoms with van der Waals surface area (Å²) in [5, 5.41) is 4.27. The predicted octanol–water partition coefficient (Wildman–Crippen LogP) is 2.97. The van der Waals surface area contributed by atoms with Crippen LogP contribution in [0.5, 0.6) is 5.75 Å². The van der Waals surface area contributed by atoms with E-state index in [1.54, 1.807) is 23.9 Å². The van der Waals surface area contributed by atoms with Crippen LogP contribution in [0.3, 0.4) is 0 Å². The highest BCUT2D eigenvalue weighted by Crippen LogP contribution is 2.31. The van der Waals surface area contributed by atoms with Gasteiger partial charge in [0.05, 0.1) is 11.7 Å². The van der Waals surface area contributed by atoms with Crippen molar-refractivity contribution in [2.75, 3.05) is 0 Å². The van der Waals surface area contributed by atoms with Gasteiger partial charge in [0.1, 0.15) is 17.4 Å². The van der Waals surface area contributed by atoms with Crippen molar-refractivity contribution in [2.24, 2.45) is 7.05 Å². The fourth-order valence-corrected chi connectivity index (χ4v) is 1.90. The fourth-order valence-electron chi connectivity index (χ4n) is 1.90. The molecule has 2 aromatic rings.